The van der Waals surface area contributed by atoms with Crippen molar-refractivity contribution in [1.82, 2.24) is 14.8 Å². The van der Waals surface area contributed by atoms with Crippen LogP contribution < -0.4 is 4.74 Å². The van der Waals surface area contributed by atoms with Gasteiger partial charge in [0.15, 0.2) is 12.1 Å². The van der Waals surface area contributed by atoms with Gasteiger partial charge in [-0.3, -0.25) is 4.79 Å². The molecule has 1 aromatic heterocycles. The number of rotatable bonds is 6. The molecule has 2 aromatic rings. The Morgan fingerprint density at radius 2 is 2.32 bits per heavy atom. The first-order valence-corrected chi connectivity index (χ1v) is 6.78. The molecule has 1 heterocycles. The molecule has 5 nitrogen and oxygen atoms in total. The second kappa shape index (κ2) is 6.47. The zero-order valence-corrected chi connectivity index (χ0v) is 12.1. The van der Waals surface area contributed by atoms with Gasteiger partial charge in [-0.05, 0) is 34.5 Å². The van der Waals surface area contributed by atoms with Crippen LogP contribution in [0.15, 0.2) is 29.0 Å². The molecule has 0 atom stereocenters. The summed E-state index contributed by atoms with van der Waals surface area (Å²) in [5, 5.41) is 4.13. The Hall–Kier alpha value is -1.69. The van der Waals surface area contributed by atoms with Crippen molar-refractivity contribution in [3.8, 4) is 5.75 Å². The van der Waals surface area contributed by atoms with Gasteiger partial charge in [0.25, 0.3) is 0 Å². The van der Waals surface area contributed by atoms with Crippen molar-refractivity contribution in [1.29, 1.82) is 0 Å². The molecule has 19 heavy (non-hydrogen) atoms. The standard InChI is InChI=1S/C13H14BrN3O2/c1-2-6-17-12(15-9-16-17)8-19-13-10(7-18)4-3-5-11(13)14/h3-5,7,9H,2,6,8H2,1H3. The van der Waals surface area contributed by atoms with E-state index in [9.17, 15) is 4.79 Å². The summed E-state index contributed by atoms with van der Waals surface area (Å²) in [6, 6.07) is 5.34. The van der Waals surface area contributed by atoms with E-state index < -0.39 is 0 Å². The number of benzene rings is 1. The fourth-order valence-electron chi connectivity index (χ4n) is 1.71. The molecular formula is C13H14BrN3O2. The van der Waals surface area contributed by atoms with Gasteiger partial charge in [-0.1, -0.05) is 13.0 Å². The molecule has 0 radical (unpaired) electrons. The van der Waals surface area contributed by atoms with E-state index in [1.807, 2.05) is 6.07 Å². The first-order valence-electron chi connectivity index (χ1n) is 5.99. The summed E-state index contributed by atoms with van der Waals surface area (Å²) in [5.41, 5.74) is 0.510. The van der Waals surface area contributed by atoms with E-state index in [0.717, 1.165) is 29.5 Å². The molecule has 0 bridgehead atoms. The zero-order chi connectivity index (χ0) is 13.7. The maximum atomic E-state index is 11.0. The second-order valence-corrected chi connectivity index (χ2v) is 4.82. The topological polar surface area (TPSA) is 57.0 Å². The summed E-state index contributed by atoms with van der Waals surface area (Å²) in [6.45, 7) is 3.16. The van der Waals surface area contributed by atoms with Crippen molar-refractivity contribution in [3.05, 3.63) is 40.4 Å². The minimum Gasteiger partial charge on any atom is -0.484 e. The lowest BCUT2D eigenvalue weighted by Gasteiger charge is -2.10. The van der Waals surface area contributed by atoms with Crippen LogP contribution in [0.1, 0.15) is 29.5 Å². The molecule has 0 saturated heterocycles. The number of para-hydroxylation sites is 1. The first kappa shape index (κ1) is 13.7. The van der Waals surface area contributed by atoms with E-state index in [0.29, 0.717) is 11.3 Å². The highest BCUT2D eigenvalue weighted by atomic mass is 79.9. The SMILES string of the molecule is CCCn1ncnc1COc1c(Br)cccc1C=O. The number of halogens is 1. The Morgan fingerprint density at radius 1 is 1.47 bits per heavy atom. The molecule has 0 spiro atoms. The van der Waals surface area contributed by atoms with Crippen molar-refractivity contribution in [2.75, 3.05) is 0 Å². The van der Waals surface area contributed by atoms with Crippen LogP contribution in [0.4, 0.5) is 0 Å². The summed E-state index contributed by atoms with van der Waals surface area (Å²) in [4.78, 5) is 15.1. The average Bonchev–Trinajstić information content (AvgIpc) is 2.85. The molecule has 0 aliphatic carbocycles. The molecule has 0 amide bonds. The van der Waals surface area contributed by atoms with E-state index in [-0.39, 0.29) is 6.61 Å². The van der Waals surface area contributed by atoms with E-state index in [1.165, 1.54) is 6.33 Å². The number of aryl methyl sites for hydroxylation is 1. The number of ether oxygens (including phenoxy) is 1. The van der Waals surface area contributed by atoms with Gasteiger partial charge in [0.05, 0.1) is 10.0 Å². The van der Waals surface area contributed by atoms with Gasteiger partial charge in [-0.2, -0.15) is 5.10 Å². The summed E-state index contributed by atoms with van der Waals surface area (Å²) < 4.78 is 8.24. The predicted octanol–water partition coefficient (Wildman–Crippen LogP) is 2.84. The maximum absolute atomic E-state index is 11.0. The fourth-order valence-corrected chi connectivity index (χ4v) is 2.20. The fraction of sp³-hybridized carbons (Fsp3) is 0.308. The normalized spacial score (nSPS) is 10.4. The highest BCUT2D eigenvalue weighted by Crippen LogP contribution is 2.28. The molecule has 0 unspecified atom stereocenters. The third kappa shape index (κ3) is 3.20. The number of hydrogen-bond donors (Lipinski definition) is 0. The smallest absolute Gasteiger partial charge is 0.164 e. The molecule has 0 aliphatic heterocycles. The Balaban J connectivity index is 2.14. The molecule has 6 heteroatoms. The van der Waals surface area contributed by atoms with Crippen LogP contribution in [0.2, 0.25) is 0 Å². The van der Waals surface area contributed by atoms with Crippen molar-refractivity contribution < 1.29 is 9.53 Å². The number of carbonyl (C=O) groups excluding carboxylic acids is 1. The van der Waals surface area contributed by atoms with Crippen molar-refractivity contribution >= 4 is 22.2 Å². The molecule has 1 aromatic carbocycles. The third-order valence-corrected chi connectivity index (χ3v) is 3.23. The Morgan fingerprint density at radius 3 is 3.05 bits per heavy atom. The molecular weight excluding hydrogens is 310 g/mol. The van der Waals surface area contributed by atoms with E-state index in [1.54, 1.807) is 16.8 Å². The van der Waals surface area contributed by atoms with Gasteiger partial charge in [0, 0.05) is 6.54 Å². The van der Waals surface area contributed by atoms with Gasteiger partial charge >= 0.3 is 0 Å². The van der Waals surface area contributed by atoms with Crippen LogP contribution >= 0.6 is 15.9 Å². The Bertz CT molecular complexity index is 569. The number of aldehydes is 1. The van der Waals surface area contributed by atoms with Gasteiger partial charge in [-0.25, -0.2) is 9.67 Å². The summed E-state index contributed by atoms with van der Waals surface area (Å²) in [6.07, 6.45) is 3.26. The second-order valence-electron chi connectivity index (χ2n) is 3.96. The quantitative estimate of drug-likeness (QED) is 0.767. The molecule has 0 aliphatic rings. The largest absolute Gasteiger partial charge is 0.484 e. The Labute approximate surface area is 119 Å². The van der Waals surface area contributed by atoms with E-state index in [2.05, 4.69) is 32.9 Å². The molecule has 0 saturated carbocycles. The molecule has 100 valence electrons. The van der Waals surface area contributed by atoms with Gasteiger partial charge in [0.1, 0.15) is 18.7 Å². The van der Waals surface area contributed by atoms with Gasteiger partial charge in [0.2, 0.25) is 0 Å². The minimum atomic E-state index is 0.281. The van der Waals surface area contributed by atoms with Crippen LogP contribution in [0.25, 0.3) is 0 Å². The van der Waals surface area contributed by atoms with Crippen LogP contribution in [0.5, 0.6) is 5.75 Å². The van der Waals surface area contributed by atoms with Crippen molar-refractivity contribution in [2.45, 2.75) is 26.5 Å². The van der Waals surface area contributed by atoms with Crippen LogP contribution in [-0.4, -0.2) is 21.1 Å². The Kier molecular flexibility index (Phi) is 4.68. The molecule has 2 rings (SSSR count). The van der Waals surface area contributed by atoms with Crippen molar-refractivity contribution in [3.63, 3.8) is 0 Å². The lowest BCUT2D eigenvalue weighted by molar-refractivity contribution is 0.111. The van der Waals surface area contributed by atoms with Crippen LogP contribution in [0, 0.1) is 0 Å². The summed E-state index contributed by atoms with van der Waals surface area (Å²) in [5.74, 6) is 1.28. The summed E-state index contributed by atoms with van der Waals surface area (Å²) in [7, 11) is 0. The lowest BCUT2D eigenvalue weighted by Crippen LogP contribution is -2.09. The van der Waals surface area contributed by atoms with Crippen molar-refractivity contribution in [2.24, 2.45) is 0 Å². The monoisotopic (exact) mass is 323 g/mol. The van der Waals surface area contributed by atoms with Gasteiger partial charge < -0.3 is 4.74 Å². The predicted molar refractivity (Wildman–Crippen MR) is 74.2 cm³/mol. The summed E-state index contributed by atoms with van der Waals surface area (Å²) >= 11 is 3.37. The van der Waals surface area contributed by atoms with Gasteiger partial charge in [-0.15, -0.1) is 0 Å². The minimum absolute atomic E-state index is 0.281. The number of aromatic nitrogens is 3. The third-order valence-electron chi connectivity index (χ3n) is 2.60. The van der Waals surface area contributed by atoms with Crippen LogP contribution in [-0.2, 0) is 13.2 Å². The highest BCUT2D eigenvalue weighted by molar-refractivity contribution is 9.10. The number of hydrogen-bond acceptors (Lipinski definition) is 4. The zero-order valence-electron chi connectivity index (χ0n) is 10.5. The first-order chi connectivity index (χ1) is 9.26. The molecule has 0 fully saturated rings. The van der Waals surface area contributed by atoms with Crippen LogP contribution in [0.3, 0.4) is 0 Å². The van der Waals surface area contributed by atoms with E-state index in [4.69, 9.17) is 4.74 Å². The molecule has 0 N–H and O–H groups in total. The highest BCUT2D eigenvalue weighted by Gasteiger charge is 2.10. The lowest BCUT2D eigenvalue weighted by atomic mass is 10.2. The average molecular weight is 324 g/mol. The number of carbonyl (C=O) groups is 1. The maximum Gasteiger partial charge on any atom is 0.164 e. The van der Waals surface area contributed by atoms with E-state index >= 15 is 0 Å². The number of nitrogens with zero attached hydrogens (tertiary/aromatic N) is 3.